The smallest absolute Gasteiger partial charge is 0.326 e. The number of esters is 4. The molecule has 0 spiro atoms. The molecule has 0 fully saturated rings. The molecule has 9 nitrogen and oxygen atoms in total. The molecule has 0 aliphatic heterocycles. The lowest BCUT2D eigenvalue weighted by atomic mass is 9.86. The summed E-state index contributed by atoms with van der Waals surface area (Å²) in [5.74, 6) is -2.49. The molecule has 0 aliphatic rings. The normalized spacial score (nSPS) is 15.2. The van der Waals surface area contributed by atoms with E-state index < -0.39 is 35.5 Å². The summed E-state index contributed by atoms with van der Waals surface area (Å²) in [5.41, 5.74) is 5.55. The summed E-state index contributed by atoms with van der Waals surface area (Å²) >= 11 is 0. The van der Waals surface area contributed by atoms with Crippen molar-refractivity contribution >= 4 is 23.9 Å². The van der Waals surface area contributed by atoms with Gasteiger partial charge in [-0.25, -0.2) is 0 Å². The first-order valence-electron chi connectivity index (χ1n) is 13.8. The van der Waals surface area contributed by atoms with Crippen LogP contribution in [0.15, 0.2) is 18.2 Å². The highest BCUT2D eigenvalue weighted by Gasteiger charge is 2.38. The monoisotopic (exact) mass is 549 g/mol. The highest BCUT2D eigenvalue weighted by molar-refractivity contribution is 5.81. The van der Waals surface area contributed by atoms with Crippen LogP contribution in [0.5, 0.6) is 11.5 Å². The van der Waals surface area contributed by atoms with E-state index >= 15 is 0 Å². The van der Waals surface area contributed by atoms with Crippen molar-refractivity contribution in [3.8, 4) is 11.5 Å². The molecule has 1 rings (SSSR count). The Balaban J connectivity index is 3.32. The fraction of sp³-hybridized carbons (Fsp3) is 0.667. The molecule has 3 unspecified atom stereocenters. The molecule has 0 radical (unpaired) electrons. The molecular weight excluding hydrogens is 502 g/mol. The van der Waals surface area contributed by atoms with Gasteiger partial charge in [0, 0.05) is 19.3 Å². The second-order valence-electron chi connectivity index (χ2n) is 11.1. The summed E-state index contributed by atoms with van der Waals surface area (Å²) in [6, 6.07) is 4.71. The van der Waals surface area contributed by atoms with Crippen LogP contribution in [0.2, 0.25) is 0 Å². The van der Waals surface area contributed by atoms with Gasteiger partial charge in [0.25, 0.3) is 0 Å². The molecule has 0 amide bonds. The van der Waals surface area contributed by atoms with Gasteiger partial charge in [-0.05, 0) is 42.9 Å². The second kappa shape index (κ2) is 15.6. The molecule has 0 heterocycles. The first-order chi connectivity index (χ1) is 18.1. The summed E-state index contributed by atoms with van der Waals surface area (Å²) in [6.07, 6.45) is 1.23. The Bertz CT molecular complexity index is 989. The van der Waals surface area contributed by atoms with Crippen LogP contribution in [-0.2, 0) is 35.1 Å². The predicted molar refractivity (Wildman–Crippen MR) is 148 cm³/mol. The minimum atomic E-state index is -1.53. The van der Waals surface area contributed by atoms with Crippen molar-refractivity contribution in [1.82, 2.24) is 0 Å². The zero-order chi connectivity index (χ0) is 29.9. The predicted octanol–water partition coefficient (Wildman–Crippen LogP) is 5.01. The number of carbonyl (C=O) groups excluding carboxylic acids is 4. The Kier molecular flexibility index (Phi) is 13.6. The summed E-state index contributed by atoms with van der Waals surface area (Å²) < 4.78 is 21.7. The van der Waals surface area contributed by atoms with Gasteiger partial charge in [-0.1, -0.05) is 61.0 Å². The fourth-order valence-electron chi connectivity index (χ4n) is 3.73. The van der Waals surface area contributed by atoms with Gasteiger partial charge in [0.2, 0.25) is 0 Å². The van der Waals surface area contributed by atoms with E-state index in [2.05, 4.69) is 0 Å². The number of methoxy groups -OCH3 is 1. The van der Waals surface area contributed by atoms with Crippen LogP contribution in [-0.4, -0.2) is 42.6 Å². The molecular formula is C30H47NO8. The average molecular weight is 550 g/mol. The third kappa shape index (κ3) is 10.6. The van der Waals surface area contributed by atoms with Crippen LogP contribution in [0.4, 0.5) is 0 Å². The van der Waals surface area contributed by atoms with Crippen molar-refractivity contribution in [1.29, 1.82) is 0 Å². The maximum atomic E-state index is 12.8. The number of benzene rings is 1. The molecule has 1 aromatic carbocycles. The lowest BCUT2D eigenvalue weighted by Crippen LogP contribution is -2.53. The summed E-state index contributed by atoms with van der Waals surface area (Å²) in [7, 11) is 1.24. The van der Waals surface area contributed by atoms with Crippen molar-refractivity contribution in [3.05, 3.63) is 23.8 Å². The summed E-state index contributed by atoms with van der Waals surface area (Å²) in [4.78, 5) is 50.3. The van der Waals surface area contributed by atoms with Gasteiger partial charge >= 0.3 is 23.9 Å². The van der Waals surface area contributed by atoms with E-state index in [9.17, 15) is 19.2 Å². The van der Waals surface area contributed by atoms with E-state index in [1.54, 1.807) is 26.8 Å². The Morgan fingerprint density at radius 3 is 1.90 bits per heavy atom. The number of nitrogens with two attached hydrogens (primary N) is 1. The first-order valence-corrected chi connectivity index (χ1v) is 13.8. The lowest BCUT2D eigenvalue weighted by Gasteiger charge is -2.29. The SMILES string of the molecule is CCCCC(=O)OC(C)C[C@@](N)(Cc1ccc(OC(=O)C(C)C(C)C)c(OC(=O)C(C)C(C)C)c1)C(=O)OC. The van der Waals surface area contributed by atoms with E-state index in [1.807, 2.05) is 34.6 Å². The third-order valence-corrected chi connectivity index (χ3v) is 7.00. The summed E-state index contributed by atoms with van der Waals surface area (Å²) in [6.45, 7) is 14.8. The van der Waals surface area contributed by atoms with Crippen molar-refractivity contribution < 1.29 is 38.1 Å². The molecule has 220 valence electrons. The molecule has 0 aromatic heterocycles. The number of hydrogen-bond donors (Lipinski definition) is 1. The highest BCUT2D eigenvalue weighted by atomic mass is 16.6. The van der Waals surface area contributed by atoms with Gasteiger partial charge in [-0.3, -0.25) is 19.2 Å². The van der Waals surface area contributed by atoms with Crippen molar-refractivity contribution in [2.75, 3.05) is 7.11 Å². The number of unbranched alkanes of at least 4 members (excludes halogenated alkanes) is 1. The van der Waals surface area contributed by atoms with Gasteiger partial charge in [-0.15, -0.1) is 0 Å². The molecule has 0 saturated heterocycles. The fourth-order valence-corrected chi connectivity index (χ4v) is 3.73. The largest absolute Gasteiger partial charge is 0.468 e. The topological polar surface area (TPSA) is 131 Å². The minimum Gasteiger partial charge on any atom is -0.468 e. The maximum Gasteiger partial charge on any atom is 0.326 e. The third-order valence-electron chi connectivity index (χ3n) is 7.00. The van der Waals surface area contributed by atoms with Crippen LogP contribution < -0.4 is 15.2 Å². The van der Waals surface area contributed by atoms with Crippen LogP contribution in [0.25, 0.3) is 0 Å². The average Bonchev–Trinajstić information content (AvgIpc) is 2.86. The van der Waals surface area contributed by atoms with E-state index in [0.717, 1.165) is 6.42 Å². The molecule has 4 atom stereocenters. The number of ether oxygens (including phenoxy) is 4. The van der Waals surface area contributed by atoms with Crippen LogP contribution >= 0.6 is 0 Å². The highest BCUT2D eigenvalue weighted by Crippen LogP contribution is 2.33. The van der Waals surface area contributed by atoms with Gasteiger partial charge in [0.05, 0.1) is 18.9 Å². The zero-order valence-corrected chi connectivity index (χ0v) is 25.0. The molecule has 1 aromatic rings. The van der Waals surface area contributed by atoms with Gasteiger partial charge in [0.15, 0.2) is 11.5 Å². The quantitative estimate of drug-likeness (QED) is 0.237. The van der Waals surface area contributed by atoms with E-state index in [1.165, 1.54) is 19.2 Å². The summed E-state index contributed by atoms with van der Waals surface area (Å²) in [5, 5.41) is 0. The molecule has 0 saturated carbocycles. The molecule has 0 aliphatic carbocycles. The Hall–Kier alpha value is -2.94. The van der Waals surface area contributed by atoms with E-state index in [0.29, 0.717) is 12.0 Å². The standard InChI is InChI=1S/C30H47NO8/c1-10-11-12-26(32)37-20(6)16-30(31,29(35)36-9)17-23-13-14-24(38-27(33)21(7)18(2)3)25(15-23)39-28(34)22(8)19(4)5/h13-15,18-22H,10-12,16-17,31H2,1-9H3/t20?,21?,22?,30-/m1/s1. The Morgan fingerprint density at radius 1 is 0.872 bits per heavy atom. The van der Waals surface area contributed by atoms with Crippen molar-refractivity contribution in [2.45, 2.75) is 99.1 Å². The number of carbonyl (C=O) groups is 4. The van der Waals surface area contributed by atoms with Crippen LogP contribution in [0.1, 0.15) is 86.6 Å². The zero-order valence-electron chi connectivity index (χ0n) is 25.0. The first kappa shape index (κ1) is 34.1. The second-order valence-corrected chi connectivity index (χ2v) is 11.1. The molecule has 2 N–H and O–H groups in total. The van der Waals surface area contributed by atoms with Crippen molar-refractivity contribution in [3.63, 3.8) is 0 Å². The van der Waals surface area contributed by atoms with Gasteiger partial charge in [-0.2, -0.15) is 0 Å². The van der Waals surface area contributed by atoms with Crippen molar-refractivity contribution in [2.24, 2.45) is 29.4 Å². The maximum absolute atomic E-state index is 12.8. The molecule has 9 heteroatoms. The number of hydrogen-bond acceptors (Lipinski definition) is 9. The van der Waals surface area contributed by atoms with Crippen LogP contribution in [0.3, 0.4) is 0 Å². The number of rotatable bonds is 15. The van der Waals surface area contributed by atoms with Crippen LogP contribution in [0, 0.1) is 23.7 Å². The lowest BCUT2D eigenvalue weighted by molar-refractivity contribution is -0.155. The van der Waals surface area contributed by atoms with E-state index in [4.69, 9.17) is 24.7 Å². The minimum absolute atomic E-state index is 0.00255. The van der Waals surface area contributed by atoms with Gasteiger partial charge < -0.3 is 24.7 Å². The Labute approximate surface area is 233 Å². The molecule has 39 heavy (non-hydrogen) atoms. The van der Waals surface area contributed by atoms with E-state index in [-0.39, 0.29) is 54.5 Å². The Morgan fingerprint density at radius 2 is 1.41 bits per heavy atom. The molecule has 0 bridgehead atoms. The van der Waals surface area contributed by atoms with Gasteiger partial charge in [0.1, 0.15) is 11.6 Å².